The Morgan fingerprint density at radius 3 is 2.94 bits per heavy atom. The van der Waals surface area contributed by atoms with Crippen LogP contribution in [-0.2, 0) is 6.42 Å². The molecule has 18 heavy (non-hydrogen) atoms. The van der Waals surface area contributed by atoms with Crippen molar-refractivity contribution in [3.05, 3.63) is 40.2 Å². The minimum absolute atomic E-state index is 0.0923. The Kier molecular flexibility index (Phi) is 4.11. The molecule has 0 atom stereocenters. The Labute approximate surface area is 112 Å². The highest BCUT2D eigenvalue weighted by atomic mass is 35.5. The van der Waals surface area contributed by atoms with Crippen LogP contribution in [-0.4, -0.2) is 27.6 Å². The molecule has 0 saturated carbocycles. The molecule has 6 nitrogen and oxygen atoms in total. The lowest BCUT2D eigenvalue weighted by molar-refractivity contribution is 0.0948. The van der Waals surface area contributed by atoms with Gasteiger partial charge in [0.15, 0.2) is 6.33 Å². The predicted molar refractivity (Wildman–Crippen MR) is 64.6 cm³/mol. The van der Waals surface area contributed by atoms with E-state index in [4.69, 9.17) is 27.7 Å². The summed E-state index contributed by atoms with van der Waals surface area (Å²) >= 11 is 11.5. The van der Waals surface area contributed by atoms with Gasteiger partial charge in [-0.2, -0.15) is 4.98 Å². The number of carbonyl (C=O) groups is 1. The third-order valence-corrected chi connectivity index (χ3v) is 2.57. The minimum Gasteiger partial charge on any atom is -0.350 e. The van der Waals surface area contributed by atoms with E-state index in [0.717, 1.165) is 0 Å². The number of carbonyl (C=O) groups excluding carboxylic acids is 1. The predicted octanol–water partition coefficient (Wildman–Crippen LogP) is 1.74. The minimum atomic E-state index is -0.401. The zero-order chi connectivity index (χ0) is 13.0. The Balaban J connectivity index is 1.93. The second-order valence-electron chi connectivity index (χ2n) is 3.31. The van der Waals surface area contributed by atoms with Crippen molar-refractivity contribution < 1.29 is 9.32 Å². The van der Waals surface area contributed by atoms with E-state index < -0.39 is 5.91 Å². The Bertz CT molecular complexity index is 545. The molecule has 0 unspecified atom stereocenters. The summed E-state index contributed by atoms with van der Waals surface area (Å²) in [5.41, 5.74) is 0.0923. The first-order valence-corrected chi connectivity index (χ1v) is 5.78. The summed E-state index contributed by atoms with van der Waals surface area (Å²) in [6.45, 7) is 0.339. The van der Waals surface area contributed by atoms with Crippen molar-refractivity contribution in [1.82, 2.24) is 20.4 Å². The van der Waals surface area contributed by atoms with Gasteiger partial charge in [0.25, 0.3) is 5.91 Å². The molecule has 94 valence electrons. The highest BCUT2D eigenvalue weighted by Crippen LogP contribution is 2.16. The summed E-state index contributed by atoms with van der Waals surface area (Å²) in [6.07, 6.45) is 1.73. The van der Waals surface area contributed by atoms with Crippen molar-refractivity contribution in [3.63, 3.8) is 0 Å². The van der Waals surface area contributed by atoms with Crippen LogP contribution < -0.4 is 5.32 Å². The van der Waals surface area contributed by atoms with Gasteiger partial charge in [0.05, 0.1) is 5.02 Å². The van der Waals surface area contributed by atoms with Gasteiger partial charge in [0, 0.05) is 13.0 Å². The fraction of sp³-hybridized carbons (Fsp3) is 0.200. The first kappa shape index (κ1) is 12.8. The number of hydrogen-bond donors (Lipinski definition) is 1. The molecule has 0 radical (unpaired) electrons. The number of hydrogen-bond acceptors (Lipinski definition) is 5. The van der Waals surface area contributed by atoms with Gasteiger partial charge in [0.1, 0.15) is 10.8 Å². The summed E-state index contributed by atoms with van der Waals surface area (Å²) < 4.78 is 4.79. The second kappa shape index (κ2) is 5.79. The van der Waals surface area contributed by atoms with E-state index in [0.29, 0.717) is 18.9 Å². The SMILES string of the molecule is O=C(NCCc1ncno1)c1nc(Cl)ccc1Cl. The smallest absolute Gasteiger partial charge is 0.271 e. The summed E-state index contributed by atoms with van der Waals surface area (Å²) in [5.74, 6) is 0.0439. The summed E-state index contributed by atoms with van der Waals surface area (Å²) in [7, 11) is 0. The van der Waals surface area contributed by atoms with Gasteiger partial charge in [0.2, 0.25) is 5.89 Å². The zero-order valence-electron chi connectivity index (χ0n) is 9.06. The number of nitrogens with zero attached hydrogens (tertiary/aromatic N) is 3. The molecule has 0 bridgehead atoms. The van der Waals surface area contributed by atoms with Crippen LogP contribution in [0.2, 0.25) is 10.2 Å². The maximum absolute atomic E-state index is 11.8. The van der Waals surface area contributed by atoms with Crippen molar-refractivity contribution in [2.45, 2.75) is 6.42 Å². The average Bonchev–Trinajstić information content (AvgIpc) is 2.85. The number of aromatic nitrogens is 3. The number of nitrogens with one attached hydrogen (secondary N) is 1. The molecule has 0 aromatic carbocycles. The van der Waals surface area contributed by atoms with Gasteiger partial charge in [-0.05, 0) is 12.1 Å². The molecule has 8 heteroatoms. The molecule has 2 rings (SSSR count). The van der Waals surface area contributed by atoms with E-state index in [2.05, 4.69) is 20.4 Å². The molecule has 0 saturated heterocycles. The molecule has 0 spiro atoms. The van der Waals surface area contributed by atoms with Crippen LogP contribution in [0, 0.1) is 0 Å². The first-order valence-electron chi connectivity index (χ1n) is 5.02. The zero-order valence-corrected chi connectivity index (χ0v) is 10.6. The van der Waals surface area contributed by atoms with Crippen molar-refractivity contribution >= 4 is 29.1 Å². The quantitative estimate of drug-likeness (QED) is 0.866. The normalized spacial score (nSPS) is 10.3. The van der Waals surface area contributed by atoms with Gasteiger partial charge in [-0.1, -0.05) is 28.4 Å². The molecule has 0 fully saturated rings. The van der Waals surface area contributed by atoms with Gasteiger partial charge in [-0.25, -0.2) is 4.98 Å². The van der Waals surface area contributed by atoms with Crippen molar-refractivity contribution in [1.29, 1.82) is 0 Å². The first-order chi connectivity index (χ1) is 8.66. The lowest BCUT2D eigenvalue weighted by Crippen LogP contribution is -2.27. The molecule has 1 N–H and O–H groups in total. The summed E-state index contributed by atoms with van der Waals surface area (Å²) in [5, 5.41) is 6.54. The van der Waals surface area contributed by atoms with E-state index in [1.54, 1.807) is 0 Å². The van der Waals surface area contributed by atoms with Crippen LogP contribution in [0.5, 0.6) is 0 Å². The number of halogens is 2. The number of pyridine rings is 1. The molecule has 2 heterocycles. The van der Waals surface area contributed by atoms with Crippen LogP contribution >= 0.6 is 23.2 Å². The fourth-order valence-electron chi connectivity index (χ4n) is 1.25. The van der Waals surface area contributed by atoms with Gasteiger partial charge < -0.3 is 9.84 Å². The highest BCUT2D eigenvalue weighted by molar-refractivity contribution is 6.34. The molecule has 0 aliphatic carbocycles. The van der Waals surface area contributed by atoms with Crippen LogP contribution in [0.15, 0.2) is 23.0 Å². The highest BCUT2D eigenvalue weighted by Gasteiger charge is 2.12. The summed E-state index contributed by atoms with van der Waals surface area (Å²) in [4.78, 5) is 19.4. The maximum atomic E-state index is 11.8. The monoisotopic (exact) mass is 286 g/mol. The molecular formula is C10H8Cl2N4O2. The van der Waals surface area contributed by atoms with Gasteiger partial charge in [-0.3, -0.25) is 4.79 Å². The fourth-order valence-corrected chi connectivity index (χ4v) is 1.59. The average molecular weight is 287 g/mol. The Morgan fingerprint density at radius 2 is 2.22 bits per heavy atom. The Hall–Kier alpha value is -1.66. The van der Waals surface area contributed by atoms with Crippen LogP contribution in [0.25, 0.3) is 0 Å². The van der Waals surface area contributed by atoms with E-state index in [9.17, 15) is 4.79 Å². The molecule has 2 aromatic rings. The topological polar surface area (TPSA) is 80.9 Å². The van der Waals surface area contributed by atoms with E-state index in [1.807, 2.05) is 0 Å². The molecule has 2 aromatic heterocycles. The van der Waals surface area contributed by atoms with Gasteiger partial charge in [-0.15, -0.1) is 0 Å². The second-order valence-corrected chi connectivity index (χ2v) is 4.10. The van der Waals surface area contributed by atoms with Crippen molar-refractivity contribution in [3.8, 4) is 0 Å². The number of amides is 1. The third-order valence-electron chi connectivity index (χ3n) is 2.06. The maximum Gasteiger partial charge on any atom is 0.271 e. The van der Waals surface area contributed by atoms with E-state index in [1.165, 1.54) is 18.5 Å². The third kappa shape index (κ3) is 3.18. The standard InChI is InChI=1S/C10H8Cl2N4O2/c11-6-1-2-7(12)16-9(6)10(17)13-4-3-8-14-5-15-18-8/h1-2,5H,3-4H2,(H,13,17). The lowest BCUT2D eigenvalue weighted by Gasteiger charge is -2.04. The van der Waals surface area contributed by atoms with E-state index >= 15 is 0 Å². The number of rotatable bonds is 4. The lowest BCUT2D eigenvalue weighted by atomic mass is 10.3. The Morgan fingerprint density at radius 1 is 1.39 bits per heavy atom. The van der Waals surface area contributed by atoms with Gasteiger partial charge >= 0.3 is 0 Å². The van der Waals surface area contributed by atoms with Crippen LogP contribution in [0.4, 0.5) is 0 Å². The molecule has 1 amide bonds. The van der Waals surface area contributed by atoms with Crippen molar-refractivity contribution in [2.24, 2.45) is 0 Å². The van der Waals surface area contributed by atoms with Crippen LogP contribution in [0.3, 0.4) is 0 Å². The molecular weight excluding hydrogens is 279 g/mol. The van der Waals surface area contributed by atoms with Crippen LogP contribution in [0.1, 0.15) is 16.4 Å². The largest absolute Gasteiger partial charge is 0.350 e. The van der Waals surface area contributed by atoms with E-state index in [-0.39, 0.29) is 15.9 Å². The molecule has 0 aliphatic heterocycles. The van der Waals surface area contributed by atoms with Crippen molar-refractivity contribution in [2.75, 3.05) is 6.54 Å². The molecule has 0 aliphatic rings. The summed E-state index contributed by atoms with van der Waals surface area (Å²) in [6, 6.07) is 3.03.